The Balaban J connectivity index is 2.19. The minimum absolute atomic E-state index is 0.0184. The van der Waals surface area contributed by atoms with Gasteiger partial charge in [0, 0.05) is 18.7 Å². The highest BCUT2D eigenvalue weighted by Gasteiger charge is 2.27. The molecule has 168 valence electrons. The molecular formula is C24H30BrFN2O3. The van der Waals surface area contributed by atoms with Gasteiger partial charge in [0.2, 0.25) is 5.91 Å². The number of hydrogen-bond acceptors (Lipinski definition) is 3. The molecule has 1 N–H and O–H groups in total. The second kappa shape index (κ2) is 10.8. The fraction of sp³-hybridized carbons (Fsp3) is 0.417. The molecule has 2 amide bonds. The van der Waals surface area contributed by atoms with Crippen LogP contribution >= 0.6 is 15.9 Å². The molecule has 2 rings (SSSR count). The first-order valence-corrected chi connectivity index (χ1v) is 11.1. The molecule has 0 heterocycles. The van der Waals surface area contributed by atoms with Crippen LogP contribution in [0.3, 0.4) is 0 Å². The lowest BCUT2D eigenvalue weighted by Gasteiger charge is -2.29. The number of nitrogens with zero attached hydrogens (tertiary/aromatic N) is 1. The molecule has 2 aromatic carbocycles. The Bertz CT molecular complexity index is 927. The van der Waals surface area contributed by atoms with E-state index >= 15 is 0 Å². The van der Waals surface area contributed by atoms with Crippen LogP contribution < -0.4 is 10.1 Å². The fourth-order valence-electron chi connectivity index (χ4n) is 3.02. The first-order chi connectivity index (χ1) is 14.5. The topological polar surface area (TPSA) is 58.6 Å². The molecule has 0 aromatic heterocycles. The van der Waals surface area contributed by atoms with E-state index in [0.29, 0.717) is 17.9 Å². The maximum absolute atomic E-state index is 14.2. The highest BCUT2D eigenvalue weighted by Crippen LogP contribution is 2.31. The van der Waals surface area contributed by atoms with Crippen molar-refractivity contribution in [3.8, 4) is 5.75 Å². The van der Waals surface area contributed by atoms with Crippen LogP contribution in [0.1, 0.15) is 45.7 Å². The van der Waals surface area contributed by atoms with Crippen LogP contribution in [0, 0.1) is 5.82 Å². The van der Waals surface area contributed by atoms with Gasteiger partial charge in [0.15, 0.2) is 6.61 Å². The van der Waals surface area contributed by atoms with Crippen molar-refractivity contribution in [2.24, 2.45) is 0 Å². The van der Waals surface area contributed by atoms with Crippen molar-refractivity contribution in [1.82, 2.24) is 10.2 Å². The third kappa shape index (κ3) is 6.79. The molecule has 0 aliphatic rings. The number of rotatable bonds is 8. The Morgan fingerprint density at radius 3 is 2.45 bits per heavy atom. The van der Waals surface area contributed by atoms with Gasteiger partial charge in [-0.25, -0.2) is 4.39 Å². The summed E-state index contributed by atoms with van der Waals surface area (Å²) < 4.78 is 20.7. The molecule has 2 aromatic rings. The second-order valence-corrected chi connectivity index (χ2v) is 9.22. The third-order valence-corrected chi connectivity index (χ3v) is 5.59. The Morgan fingerprint density at radius 1 is 1.19 bits per heavy atom. The van der Waals surface area contributed by atoms with Crippen molar-refractivity contribution in [2.75, 3.05) is 13.2 Å². The quantitative estimate of drug-likeness (QED) is 0.574. The van der Waals surface area contributed by atoms with Crippen molar-refractivity contribution < 1.29 is 18.7 Å². The van der Waals surface area contributed by atoms with E-state index in [-0.39, 0.29) is 24.5 Å². The van der Waals surface area contributed by atoms with Gasteiger partial charge in [0.05, 0.1) is 4.47 Å². The van der Waals surface area contributed by atoms with Crippen LogP contribution in [-0.4, -0.2) is 35.9 Å². The zero-order chi connectivity index (χ0) is 23.2. The van der Waals surface area contributed by atoms with Crippen LogP contribution in [0.5, 0.6) is 5.75 Å². The Labute approximate surface area is 192 Å². The lowest BCUT2D eigenvalue weighted by atomic mass is 9.87. The van der Waals surface area contributed by atoms with Crippen molar-refractivity contribution in [3.63, 3.8) is 0 Å². The molecule has 7 heteroatoms. The van der Waals surface area contributed by atoms with E-state index in [1.54, 1.807) is 32.0 Å². The summed E-state index contributed by atoms with van der Waals surface area (Å²) in [6.45, 7) is 9.90. The number of amides is 2. The van der Waals surface area contributed by atoms with Gasteiger partial charge in [0.1, 0.15) is 17.6 Å². The summed E-state index contributed by atoms with van der Waals surface area (Å²) in [5, 5.41) is 2.71. The van der Waals surface area contributed by atoms with Crippen molar-refractivity contribution in [1.29, 1.82) is 0 Å². The number of benzene rings is 2. The van der Waals surface area contributed by atoms with Crippen LogP contribution in [0.4, 0.5) is 4.39 Å². The molecule has 5 nitrogen and oxygen atoms in total. The second-order valence-electron chi connectivity index (χ2n) is 8.37. The first-order valence-electron chi connectivity index (χ1n) is 10.3. The number of ether oxygens (including phenoxy) is 1. The molecule has 0 aliphatic carbocycles. The van der Waals surface area contributed by atoms with Gasteiger partial charge in [-0.1, -0.05) is 45.0 Å². The number of halogens is 2. The van der Waals surface area contributed by atoms with Crippen LogP contribution in [-0.2, 0) is 21.5 Å². The number of carbonyl (C=O) groups is 2. The first kappa shape index (κ1) is 24.9. The number of likely N-dealkylation sites (N-methyl/N-ethyl adjacent to an activating group) is 1. The number of nitrogens with one attached hydrogen (secondary N) is 1. The van der Waals surface area contributed by atoms with E-state index in [2.05, 4.69) is 42.0 Å². The third-order valence-electron chi connectivity index (χ3n) is 4.97. The lowest BCUT2D eigenvalue weighted by molar-refractivity contribution is -0.142. The zero-order valence-electron chi connectivity index (χ0n) is 18.7. The average Bonchev–Trinajstić information content (AvgIpc) is 2.71. The summed E-state index contributed by atoms with van der Waals surface area (Å²) >= 11 is 3.50. The van der Waals surface area contributed by atoms with Gasteiger partial charge >= 0.3 is 0 Å². The largest absolute Gasteiger partial charge is 0.483 e. The van der Waals surface area contributed by atoms with Crippen molar-refractivity contribution in [2.45, 2.75) is 52.6 Å². The molecule has 0 radical (unpaired) electrons. The summed E-state index contributed by atoms with van der Waals surface area (Å²) in [5.74, 6) is -0.612. The molecule has 1 atom stereocenters. The van der Waals surface area contributed by atoms with Gasteiger partial charge < -0.3 is 15.0 Å². The summed E-state index contributed by atoms with van der Waals surface area (Å²) in [7, 11) is 0. The Hall–Kier alpha value is -2.41. The maximum Gasteiger partial charge on any atom is 0.261 e. The van der Waals surface area contributed by atoms with Crippen LogP contribution in [0.15, 0.2) is 46.9 Å². The summed E-state index contributed by atoms with van der Waals surface area (Å²) in [4.78, 5) is 26.7. The molecule has 0 aliphatic heterocycles. The normalized spacial score (nSPS) is 12.2. The standard InChI is InChI=1S/C24H30BrFN2O3/c1-6-27-23(30)16(2)28(14-17-9-7-8-10-20(17)26)22(29)15-31-21-12-11-18(13-19(21)25)24(3,4)5/h7-13,16H,6,14-15H2,1-5H3,(H,27,30)/t16-/m0/s1. The predicted octanol–water partition coefficient (Wildman–Crippen LogP) is 4.82. The lowest BCUT2D eigenvalue weighted by Crippen LogP contribution is -2.49. The van der Waals surface area contributed by atoms with E-state index in [1.807, 2.05) is 18.2 Å². The van der Waals surface area contributed by atoms with Crippen molar-refractivity contribution >= 4 is 27.7 Å². The molecule has 31 heavy (non-hydrogen) atoms. The molecule has 0 saturated heterocycles. The highest BCUT2D eigenvalue weighted by atomic mass is 79.9. The van der Waals surface area contributed by atoms with E-state index in [1.165, 1.54) is 11.0 Å². The van der Waals surface area contributed by atoms with Crippen LogP contribution in [0.25, 0.3) is 0 Å². The van der Waals surface area contributed by atoms with E-state index in [4.69, 9.17) is 4.74 Å². The summed E-state index contributed by atoms with van der Waals surface area (Å²) in [6.07, 6.45) is 0. The molecular weight excluding hydrogens is 463 g/mol. The Kier molecular flexibility index (Phi) is 8.62. The molecule has 0 saturated carbocycles. The average molecular weight is 493 g/mol. The molecule has 0 bridgehead atoms. The SMILES string of the molecule is CCNC(=O)[C@H](C)N(Cc1ccccc1F)C(=O)COc1ccc(C(C)(C)C)cc1Br. The van der Waals surface area contributed by atoms with Crippen molar-refractivity contribution in [3.05, 3.63) is 63.9 Å². The predicted molar refractivity (Wildman–Crippen MR) is 123 cm³/mol. The van der Waals surface area contributed by atoms with E-state index in [0.717, 1.165) is 10.0 Å². The maximum atomic E-state index is 14.2. The number of hydrogen-bond donors (Lipinski definition) is 1. The van der Waals surface area contributed by atoms with Gasteiger partial charge in [-0.05, 0) is 59.0 Å². The van der Waals surface area contributed by atoms with Gasteiger partial charge in [-0.3, -0.25) is 9.59 Å². The smallest absolute Gasteiger partial charge is 0.261 e. The van der Waals surface area contributed by atoms with E-state index in [9.17, 15) is 14.0 Å². The Morgan fingerprint density at radius 2 is 1.87 bits per heavy atom. The van der Waals surface area contributed by atoms with Gasteiger partial charge in [0.25, 0.3) is 5.91 Å². The summed E-state index contributed by atoms with van der Waals surface area (Å²) in [6, 6.07) is 11.2. The molecule has 0 fully saturated rings. The molecule has 0 unspecified atom stereocenters. The van der Waals surface area contributed by atoms with Gasteiger partial charge in [-0.15, -0.1) is 0 Å². The molecule has 0 spiro atoms. The highest BCUT2D eigenvalue weighted by molar-refractivity contribution is 9.10. The van der Waals surface area contributed by atoms with Gasteiger partial charge in [-0.2, -0.15) is 0 Å². The minimum Gasteiger partial charge on any atom is -0.483 e. The zero-order valence-corrected chi connectivity index (χ0v) is 20.3. The minimum atomic E-state index is -0.776. The fourth-order valence-corrected chi connectivity index (χ4v) is 3.51. The van der Waals surface area contributed by atoms with E-state index < -0.39 is 17.8 Å². The summed E-state index contributed by atoms with van der Waals surface area (Å²) in [5.41, 5.74) is 1.45. The number of carbonyl (C=O) groups excluding carboxylic acids is 2. The van der Waals surface area contributed by atoms with Crippen LogP contribution in [0.2, 0.25) is 0 Å². The monoisotopic (exact) mass is 492 g/mol.